The smallest absolute Gasteiger partial charge is 0.302 e. The van der Waals surface area contributed by atoms with Crippen LogP contribution in [0.15, 0.2) is 23.8 Å². The van der Waals surface area contributed by atoms with Crippen LogP contribution < -0.4 is 0 Å². The zero-order valence-electron chi connectivity index (χ0n) is 14.7. The molecule has 1 aliphatic rings. The Morgan fingerprint density at radius 1 is 1.45 bits per heavy atom. The van der Waals surface area contributed by atoms with E-state index in [0.29, 0.717) is 18.4 Å². The summed E-state index contributed by atoms with van der Waals surface area (Å²) in [5.41, 5.74) is 1.30. The van der Waals surface area contributed by atoms with E-state index in [4.69, 9.17) is 9.16 Å². The van der Waals surface area contributed by atoms with Gasteiger partial charge in [-0.3, -0.25) is 4.79 Å². The third kappa shape index (κ3) is 5.06. The summed E-state index contributed by atoms with van der Waals surface area (Å²) in [6, 6.07) is 0. The summed E-state index contributed by atoms with van der Waals surface area (Å²) in [4.78, 5) is 10.8. The highest BCUT2D eigenvalue weighted by Gasteiger charge is 2.41. The van der Waals surface area contributed by atoms with Crippen molar-refractivity contribution in [2.75, 3.05) is 6.61 Å². The van der Waals surface area contributed by atoms with E-state index in [2.05, 4.69) is 40.4 Å². The Kier molecular flexibility index (Phi) is 6.16. The number of carbonyl (C=O) groups excluding carboxylic acids is 1. The molecular weight excluding hydrogens is 299 g/mol. The molecule has 0 radical (unpaired) electrons. The molecule has 0 aromatic rings. The topological polar surface area (TPSA) is 35.5 Å². The fourth-order valence-corrected chi connectivity index (χ4v) is 3.56. The molecule has 126 valence electrons. The van der Waals surface area contributed by atoms with E-state index in [1.54, 1.807) is 6.08 Å². The molecule has 0 aromatic heterocycles. The van der Waals surface area contributed by atoms with Gasteiger partial charge in [0.1, 0.15) is 12.8 Å². The number of halogens is 1. The van der Waals surface area contributed by atoms with Crippen LogP contribution >= 0.6 is 0 Å². The third-order valence-corrected chi connectivity index (χ3v) is 9.13. The zero-order valence-corrected chi connectivity index (χ0v) is 15.7. The maximum atomic E-state index is 14.2. The Morgan fingerprint density at radius 2 is 2.05 bits per heavy atom. The van der Waals surface area contributed by atoms with Crippen molar-refractivity contribution in [3.05, 3.63) is 23.8 Å². The lowest BCUT2D eigenvalue weighted by atomic mass is 9.87. The van der Waals surface area contributed by atoms with E-state index in [0.717, 1.165) is 5.57 Å². The van der Waals surface area contributed by atoms with Crippen LogP contribution in [0.25, 0.3) is 0 Å². The first kappa shape index (κ1) is 19.1. The minimum atomic E-state index is -1.93. The van der Waals surface area contributed by atoms with Crippen LogP contribution in [0.2, 0.25) is 18.1 Å². The van der Waals surface area contributed by atoms with Crippen LogP contribution in [0.5, 0.6) is 0 Å². The molecule has 0 spiro atoms. The van der Waals surface area contributed by atoms with Crippen LogP contribution in [-0.4, -0.2) is 33.2 Å². The van der Waals surface area contributed by atoms with Crippen LogP contribution in [0.3, 0.4) is 0 Å². The van der Waals surface area contributed by atoms with Gasteiger partial charge in [0.05, 0.1) is 6.10 Å². The zero-order chi connectivity index (χ0) is 17.1. The summed E-state index contributed by atoms with van der Waals surface area (Å²) in [5.74, 6) is -0.343. The van der Waals surface area contributed by atoms with Crippen molar-refractivity contribution in [3.63, 3.8) is 0 Å². The first-order valence-corrected chi connectivity index (χ1v) is 10.7. The highest BCUT2D eigenvalue weighted by Crippen LogP contribution is 2.40. The molecule has 0 bridgehead atoms. The fourth-order valence-electron chi connectivity index (χ4n) is 2.19. The van der Waals surface area contributed by atoms with E-state index < -0.39 is 14.5 Å². The standard InChI is InChI=1S/C17H29FO3Si/c1-12-14(8-9-20-13(2)19)10-15(11-16(12)18)21-22(6,7)17(3,4)5/h8,15-16H,1,9-11H2,2-7H3/b14-8-/t15-,16-/m1/s1. The summed E-state index contributed by atoms with van der Waals surface area (Å²) < 4.78 is 25.5. The number of hydrogen-bond acceptors (Lipinski definition) is 3. The first-order chi connectivity index (χ1) is 9.94. The van der Waals surface area contributed by atoms with E-state index in [-0.39, 0.29) is 23.7 Å². The highest BCUT2D eigenvalue weighted by molar-refractivity contribution is 6.74. The average Bonchev–Trinajstić information content (AvgIpc) is 2.32. The SMILES string of the molecule is C=C1/C(=C\COC(C)=O)C[C@@H](O[Si](C)(C)C(C)(C)C)C[C@H]1F. The van der Waals surface area contributed by atoms with Gasteiger partial charge in [0.15, 0.2) is 8.32 Å². The van der Waals surface area contributed by atoms with Crippen molar-refractivity contribution in [2.24, 2.45) is 0 Å². The number of ether oxygens (including phenoxy) is 1. The van der Waals surface area contributed by atoms with Gasteiger partial charge in [-0.1, -0.05) is 27.4 Å². The molecule has 0 unspecified atom stereocenters. The molecule has 22 heavy (non-hydrogen) atoms. The van der Waals surface area contributed by atoms with Crippen molar-refractivity contribution in [1.29, 1.82) is 0 Å². The second-order valence-corrected chi connectivity index (χ2v) is 12.2. The molecule has 1 fully saturated rings. The Bertz CT molecular complexity index is 463. The summed E-state index contributed by atoms with van der Waals surface area (Å²) in [5, 5.41) is 0.0921. The van der Waals surface area contributed by atoms with Crippen molar-refractivity contribution in [1.82, 2.24) is 0 Å². The molecule has 0 heterocycles. The number of carbonyl (C=O) groups is 1. The van der Waals surface area contributed by atoms with E-state index in [9.17, 15) is 9.18 Å². The van der Waals surface area contributed by atoms with Crippen molar-refractivity contribution in [2.45, 2.75) is 70.9 Å². The minimum absolute atomic E-state index is 0.0921. The van der Waals surface area contributed by atoms with Gasteiger partial charge >= 0.3 is 5.97 Å². The molecule has 0 aliphatic heterocycles. The largest absolute Gasteiger partial charge is 0.462 e. The Morgan fingerprint density at radius 3 is 2.55 bits per heavy atom. The van der Waals surface area contributed by atoms with Gasteiger partial charge in [-0.15, -0.1) is 0 Å². The summed E-state index contributed by atoms with van der Waals surface area (Å²) in [7, 11) is -1.93. The molecule has 2 atom stereocenters. The predicted molar refractivity (Wildman–Crippen MR) is 90.1 cm³/mol. The number of rotatable bonds is 4. The average molecular weight is 329 g/mol. The quantitative estimate of drug-likeness (QED) is 0.561. The van der Waals surface area contributed by atoms with Crippen LogP contribution in [0, 0.1) is 0 Å². The molecule has 0 amide bonds. The van der Waals surface area contributed by atoms with Crippen molar-refractivity contribution >= 4 is 14.3 Å². The molecule has 1 saturated carbocycles. The lowest BCUT2D eigenvalue weighted by Crippen LogP contribution is -2.45. The fraction of sp³-hybridized carbons (Fsp3) is 0.706. The molecule has 5 heteroatoms. The van der Waals surface area contributed by atoms with Crippen molar-refractivity contribution < 1.29 is 18.3 Å². The van der Waals surface area contributed by atoms with Gasteiger partial charge < -0.3 is 9.16 Å². The maximum absolute atomic E-state index is 14.2. The number of allylic oxidation sites excluding steroid dienone is 1. The molecule has 0 aromatic carbocycles. The van der Waals surface area contributed by atoms with Crippen LogP contribution in [0.4, 0.5) is 4.39 Å². The van der Waals surface area contributed by atoms with Gasteiger partial charge in [-0.25, -0.2) is 4.39 Å². The molecule has 1 aliphatic carbocycles. The molecular formula is C17H29FO3Si. The second-order valence-electron chi connectivity index (χ2n) is 7.46. The Balaban J connectivity index is 2.79. The van der Waals surface area contributed by atoms with E-state index in [1.165, 1.54) is 6.92 Å². The number of hydrogen-bond donors (Lipinski definition) is 0. The summed E-state index contributed by atoms with van der Waals surface area (Å²) in [6.45, 7) is 16.2. The van der Waals surface area contributed by atoms with Gasteiger partial charge in [0.2, 0.25) is 0 Å². The molecule has 1 rings (SSSR count). The Labute approximate surface area is 134 Å². The molecule has 0 N–H and O–H groups in total. The predicted octanol–water partition coefficient (Wildman–Crippen LogP) is 4.55. The normalized spacial score (nSPS) is 25.4. The van der Waals surface area contributed by atoms with Gasteiger partial charge in [0, 0.05) is 13.3 Å². The molecule has 0 saturated heterocycles. The summed E-state index contributed by atoms with van der Waals surface area (Å²) >= 11 is 0. The Hall–Kier alpha value is -0.943. The van der Waals surface area contributed by atoms with Gasteiger partial charge in [0.25, 0.3) is 0 Å². The monoisotopic (exact) mass is 328 g/mol. The van der Waals surface area contributed by atoms with Gasteiger partial charge in [-0.05, 0) is 41.8 Å². The lowest BCUT2D eigenvalue weighted by Gasteiger charge is -2.41. The first-order valence-electron chi connectivity index (χ1n) is 7.77. The van der Waals surface area contributed by atoms with Crippen LogP contribution in [0.1, 0.15) is 40.5 Å². The highest BCUT2D eigenvalue weighted by atomic mass is 28.4. The minimum Gasteiger partial charge on any atom is -0.462 e. The lowest BCUT2D eigenvalue weighted by molar-refractivity contribution is -0.139. The van der Waals surface area contributed by atoms with E-state index in [1.807, 2.05) is 0 Å². The number of esters is 1. The molecule has 3 nitrogen and oxygen atoms in total. The number of alkyl halides is 1. The van der Waals surface area contributed by atoms with Crippen molar-refractivity contribution in [3.8, 4) is 0 Å². The van der Waals surface area contributed by atoms with E-state index >= 15 is 0 Å². The third-order valence-electron chi connectivity index (χ3n) is 4.59. The maximum Gasteiger partial charge on any atom is 0.302 e. The second kappa shape index (κ2) is 7.09. The van der Waals surface area contributed by atoms with Crippen LogP contribution in [-0.2, 0) is 14.0 Å². The van der Waals surface area contributed by atoms with Gasteiger partial charge in [-0.2, -0.15) is 0 Å². The summed E-state index contributed by atoms with van der Waals surface area (Å²) in [6.07, 6.45) is 1.51.